The summed E-state index contributed by atoms with van der Waals surface area (Å²) in [7, 11) is 2.12. The highest BCUT2D eigenvalue weighted by atomic mass is 79.9. The van der Waals surface area contributed by atoms with Gasteiger partial charge in [-0.3, -0.25) is 4.90 Å². The van der Waals surface area contributed by atoms with Crippen molar-refractivity contribution < 1.29 is 0 Å². The maximum absolute atomic E-state index is 4.58. The second kappa shape index (κ2) is 4.97. The van der Waals surface area contributed by atoms with Crippen LogP contribution in [0.3, 0.4) is 0 Å². The summed E-state index contributed by atoms with van der Waals surface area (Å²) in [6.07, 6.45) is 4.12. The van der Waals surface area contributed by atoms with Crippen LogP contribution in [0.1, 0.15) is 12.6 Å². The Hall–Kier alpha value is -0.870. The summed E-state index contributed by atoms with van der Waals surface area (Å²) in [6.45, 7) is 3.08. The van der Waals surface area contributed by atoms with Gasteiger partial charge in [-0.2, -0.15) is 0 Å². The minimum atomic E-state index is 0.518. The lowest BCUT2D eigenvalue weighted by Gasteiger charge is -2.21. The minimum Gasteiger partial charge on any atom is -0.307 e. The van der Waals surface area contributed by atoms with Gasteiger partial charge < -0.3 is 4.40 Å². The van der Waals surface area contributed by atoms with Crippen LogP contribution < -0.4 is 0 Å². The van der Waals surface area contributed by atoms with E-state index in [0.29, 0.717) is 6.04 Å². The fourth-order valence-corrected chi connectivity index (χ4v) is 2.09. The van der Waals surface area contributed by atoms with Crippen molar-refractivity contribution in [1.29, 1.82) is 0 Å². The van der Waals surface area contributed by atoms with Crippen molar-refractivity contribution in [2.45, 2.75) is 19.5 Å². The lowest BCUT2D eigenvalue weighted by molar-refractivity contribution is 0.268. The van der Waals surface area contributed by atoms with Crippen molar-refractivity contribution in [3.05, 3.63) is 36.3 Å². The van der Waals surface area contributed by atoms with Crippen molar-refractivity contribution in [3.63, 3.8) is 0 Å². The van der Waals surface area contributed by atoms with E-state index >= 15 is 0 Å². The number of hydrogen-bond acceptors (Lipinski definition) is 2. The molecule has 2 aromatic heterocycles. The number of halogens is 1. The number of aromatic nitrogens is 2. The van der Waals surface area contributed by atoms with Crippen LogP contribution >= 0.6 is 15.9 Å². The summed E-state index contributed by atoms with van der Waals surface area (Å²) in [6, 6.07) is 6.57. The monoisotopic (exact) mass is 281 g/mol. The Bertz CT molecular complexity index is 433. The Labute approximate surface area is 104 Å². The number of imidazole rings is 1. The zero-order valence-electron chi connectivity index (χ0n) is 9.60. The highest BCUT2D eigenvalue weighted by Gasteiger charge is 2.09. The fraction of sp³-hybridized carbons (Fsp3) is 0.417. The van der Waals surface area contributed by atoms with Crippen molar-refractivity contribution in [2.24, 2.45) is 0 Å². The quantitative estimate of drug-likeness (QED) is 0.803. The Morgan fingerprint density at radius 3 is 3.00 bits per heavy atom. The van der Waals surface area contributed by atoms with E-state index in [9.17, 15) is 0 Å². The molecule has 1 atom stereocenters. The predicted molar refractivity (Wildman–Crippen MR) is 69.9 cm³/mol. The summed E-state index contributed by atoms with van der Waals surface area (Å²) in [5.41, 5.74) is 2.12. The van der Waals surface area contributed by atoms with Crippen LogP contribution in [-0.4, -0.2) is 32.7 Å². The molecule has 0 radical (unpaired) electrons. The van der Waals surface area contributed by atoms with Crippen LogP contribution in [0.25, 0.3) is 5.65 Å². The van der Waals surface area contributed by atoms with E-state index in [2.05, 4.69) is 50.4 Å². The molecule has 3 nitrogen and oxygen atoms in total. The second-order valence-electron chi connectivity index (χ2n) is 4.12. The molecular weight excluding hydrogens is 266 g/mol. The van der Waals surface area contributed by atoms with Gasteiger partial charge in [-0.05, 0) is 26.1 Å². The van der Waals surface area contributed by atoms with Gasteiger partial charge in [-0.15, -0.1) is 0 Å². The normalized spacial score (nSPS) is 13.5. The van der Waals surface area contributed by atoms with Crippen molar-refractivity contribution in [3.8, 4) is 0 Å². The number of pyridine rings is 1. The van der Waals surface area contributed by atoms with Gasteiger partial charge in [0.05, 0.1) is 5.69 Å². The molecule has 0 spiro atoms. The first-order valence-electron chi connectivity index (χ1n) is 5.39. The van der Waals surface area contributed by atoms with Gasteiger partial charge in [0.25, 0.3) is 0 Å². The molecule has 0 fully saturated rings. The first-order valence-corrected chi connectivity index (χ1v) is 6.51. The van der Waals surface area contributed by atoms with Crippen LogP contribution in [-0.2, 0) is 6.54 Å². The lowest BCUT2D eigenvalue weighted by Crippen LogP contribution is -2.29. The van der Waals surface area contributed by atoms with Gasteiger partial charge >= 0.3 is 0 Å². The van der Waals surface area contributed by atoms with E-state index in [1.165, 1.54) is 0 Å². The standard InChI is InChI=1S/C12H16BrN3/c1-10(7-13)15(2)8-11-9-16-6-4-3-5-12(16)14-11/h3-6,9-10H,7-8H2,1-2H3. The van der Waals surface area contributed by atoms with Gasteiger partial charge in [0, 0.05) is 30.3 Å². The van der Waals surface area contributed by atoms with E-state index in [4.69, 9.17) is 0 Å². The molecule has 1 unspecified atom stereocenters. The number of hydrogen-bond donors (Lipinski definition) is 0. The topological polar surface area (TPSA) is 20.5 Å². The smallest absolute Gasteiger partial charge is 0.137 e. The molecule has 0 aliphatic carbocycles. The third kappa shape index (κ3) is 2.44. The van der Waals surface area contributed by atoms with Crippen LogP contribution in [0.2, 0.25) is 0 Å². The number of alkyl halides is 1. The van der Waals surface area contributed by atoms with Crippen LogP contribution in [0.15, 0.2) is 30.6 Å². The molecule has 0 aromatic carbocycles. The van der Waals surface area contributed by atoms with Gasteiger partial charge in [0.1, 0.15) is 5.65 Å². The molecule has 0 N–H and O–H groups in total. The van der Waals surface area contributed by atoms with Crippen LogP contribution in [0.5, 0.6) is 0 Å². The van der Waals surface area contributed by atoms with Crippen molar-refractivity contribution in [1.82, 2.24) is 14.3 Å². The molecule has 0 amide bonds. The van der Waals surface area contributed by atoms with Gasteiger partial charge in [-0.1, -0.05) is 22.0 Å². The molecule has 0 aliphatic rings. The number of nitrogens with zero attached hydrogens (tertiary/aromatic N) is 3. The molecule has 0 bridgehead atoms. The molecule has 0 saturated heterocycles. The zero-order chi connectivity index (χ0) is 11.5. The van der Waals surface area contributed by atoms with Gasteiger partial charge in [-0.25, -0.2) is 4.98 Å². The highest BCUT2D eigenvalue weighted by Crippen LogP contribution is 2.09. The number of rotatable bonds is 4. The average molecular weight is 282 g/mol. The highest BCUT2D eigenvalue weighted by molar-refractivity contribution is 9.09. The Morgan fingerprint density at radius 2 is 2.31 bits per heavy atom. The second-order valence-corrected chi connectivity index (χ2v) is 4.76. The van der Waals surface area contributed by atoms with Gasteiger partial charge in [0.15, 0.2) is 0 Å². The predicted octanol–water partition coefficient (Wildman–Crippen LogP) is 2.55. The molecule has 2 rings (SSSR count). The first-order chi connectivity index (χ1) is 7.70. The molecule has 4 heteroatoms. The SMILES string of the molecule is CC(CBr)N(C)Cc1cn2ccccc2n1. The van der Waals surface area contributed by atoms with Gasteiger partial charge in [0.2, 0.25) is 0 Å². The molecular formula is C12H16BrN3. The first kappa shape index (κ1) is 11.6. The van der Waals surface area contributed by atoms with Crippen LogP contribution in [0.4, 0.5) is 0 Å². The van der Waals surface area contributed by atoms with E-state index in [1.54, 1.807) is 0 Å². The number of fused-ring (bicyclic) bond motifs is 1. The third-order valence-corrected chi connectivity index (χ3v) is 3.74. The summed E-state index contributed by atoms with van der Waals surface area (Å²) in [5, 5.41) is 0.983. The lowest BCUT2D eigenvalue weighted by atomic mass is 10.3. The Balaban J connectivity index is 2.15. The molecule has 86 valence electrons. The third-order valence-electron chi connectivity index (χ3n) is 2.80. The fourth-order valence-electron chi connectivity index (χ4n) is 1.59. The van der Waals surface area contributed by atoms with Crippen LogP contribution in [0, 0.1) is 0 Å². The molecule has 2 aromatic rings. The summed E-state index contributed by atoms with van der Waals surface area (Å²) < 4.78 is 2.06. The molecule has 0 aliphatic heterocycles. The Kier molecular flexibility index (Phi) is 3.61. The van der Waals surface area contributed by atoms with Crippen molar-refractivity contribution >= 4 is 21.6 Å². The summed E-state index contributed by atoms with van der Waals surface area (Å²) >= 11 is 3.50. The van der Waals surface area contributed by atoms with E-state index in [1.807, 2.05) is 24.4 Å². The maximum Gasteiger partial charge on any atom is 0.137 e. The average Bonchev–Trinajstić information content (AvgIpc) is 2.69. The maximum atomic E-state index is 4.58. The molecule has 2 heterocycles. The van der Waals surface area contributed by atoms with E-state index in [0.717, 1.165) is 23.2 Å². The molecule has 16 heavy (non-hydrogen) atoms. The van der Waals surface area contributed by atoms with E-state index < -0.39 is 0 Å². The largest absolute Gasteiger partial charge is 0.307 e. The van der Waals surface area contributed by atoms with E-state index in [-0.39, 0.29) is 0 Å². The molecule has 0 saturated carbocycles. The van der Waals surface area contributed by atoms with Crippen molar-refractivity contribution in [2.75, 3.05) is 12.4 Å². The zero-order valence-corrected chi connectivity index (χ0v) is 11.2. The summed E-state index contributed by atoms with van der Waals surface area (Å²) in [5.74, 6) is 0. The summed E-state index contributed by atoms with van der Waals surface area (Å²) in [4.78, 5) is 6.86. The minimum absolute atomic E-state index is 0.518. The Morgan fingerprint density at radius 1 is 1.50 bits per heavy atom.